The van der Waals surface area contributed by atoms with Crippen LogP contribution in [0.15, 0.2) is 53.0 Å². The fraction of sp³-hybridized carbons (Fsp3) is 0.481. The predicted octanol–water partition coefficient (Wildman–Crippen LogP) is 5.51. The van der Waals surface area contributed by atoms with Crippen molar-refractivity contribution in [3.63, 3.8) is 0 Å². The van der Waals surface area contributed by atoms with Gasteiger partial charge in [-0.15, -0.1) is 0 Å². The molecule has 37 heavy (non-hydrogen) atoms. The van der Waals surface area contributed by atoms with E-state index in [0.29, 0.717) is 17.1 Å². The highest BCUT2D eigenvalue weighted by atomic mass is 79.9. The molecule has 1 aliphatic carbocycles. The van der Waals surface area contributed by atoms with Gasteiger partial charge >= 0.3 is 0 Å². The molecule has 1 atom stereocenters. The second kappa shape index (κ2) is 13.6. The average molecular weight is 613 g/mol. The molecule has 0 radical (unpaired) electrons. The van der Waals surface area contributed by atoms with Crippen molar-refractivity contribution in [3.8, 4) is 0 Å². The van der Waals surface area contributed by atoms with Gasteiger partial charge in [0.15, 0.2) is 0 Å². The lowest BCUT2D eigenvalue weighted by Gasteiger charge is -2.31. The van der Waals surface area contributed by atoms with Crippen LogP contribution < -0.4 is 9.62 Å². The van der Waals surface area contributed by atoms with Gasteiger partial charge in [-0.05, 0) is 62.1 Å². The van der Waals surface area contributed by atoms with Gasteiger partial charge < -0.3 is 10.2 Å². The maximum atomic E-state index is 13.4. The smallest absolute Gasteiger partial charge is 0.242 e. The molecule has 1 fully saturated rings. The highest BCUT2D eigenvalue weighted by molar-refractivity contribution is 9.10. The first-order valence-electron chi connectivity index (χ1n) is 12.6. The molecule has 1 N–H and O–H groups in total. The topological polar surface area (TPSA) is 86.8 Å². The van der Waals surface area contributed by atoms with E-state index in [4.69, 9.17) is 11.6 Å². The Balaban J connectivity index is 1.71. The number of hydrogen-bond donors (Lipinski definition) is 1. The average Bonchev–Trinajstić information content (AvgIpc) is 2.85. The third-order valence-electron chi connectivity index (χ3n) is 6.63. The van der Waals surface area contributed by atoms with Crippen molar-refractivity contribution in [2.45, 2.75) is 70.5 Å². The van der Waals surface area contributed by atoms with E-state index in [2.05, 4.69) is 21.2 Å². The van der Waals surface area contributed by atoms with Crippen LogP contribution in [0.4, 0.5) is 5.69 Å². The fourth-order valence-electron chi connectivity index (χ4n) is 4.57. The molecule has 7 nitrogen and oxygen atoms in total. The van der Waals surface area contributed by atoms with Crippen molar-refractivity contribution < 1.29 is 18.0 Å². The Kier molecular flexibility index (Phi) is 10.8. The van der Waals surface area contributed by atoms with Crippen molar-refractivity contribution in [3.05, 3.63) is 63.6 Å². The van der Waals surface area contributed by atoms with Gasteiger partial charge in [-0.2, -0.15) is 0 Å². The molecule has 0 saturated heterocycles. The summed E-state index contributed by atoms with van der Waals surface area (Å²) in [7, 11) is -3.57. The van der Waals surface area contributed by atoms with Gasteiger partial charge in [0.1, 0.15) is 6.04 Å². The van der Waals surface area contributed by atoms with Crippen molar-refractivity contribution in [1.29, 1.82) is 0 Å². The van der Waals surface area contributed by atoms with Gasteiger partial charge in [-0.3, -0.25) is 13.9 Å². The van der Waals surface area contributed by atoms with Crippen molar-refractivity contribution >= 4 is 55.1 Å². The summed E-state index contributed by atoms with van der Waals surface area (Å²) in [6.45, 7) is 2.17. The van der Waals surface area contributed by atoms with E-state index >= 15 is 0 Å². The van der Waals surface area contributed by atoms with Gasteiger partial charge in [0.2, 0.25) is 21.8 Å². The minimum absolute atomic E-state index is 0.101. The maximum absolute atomic E-state index is 13.4. The van der Waals surface area contributed by atoms with Gasteiger partial charge in [0.25, 0.3) is 0 Å². The lowest BCUT2D eigenvalue weighted by molar-refractivity contribution is -0.141. The quantitative estimate of drug-likeness (QED) is 0.362. The Bertz CT molecular complexity index is 1170. The summed E-state index contributed by atoms with van der Waals surface area (Å²) >= 11 is 9.49. The molecule has 10 heteroatoms. The standard InChI is InChI=1S/C27H35BrClN3O4S/c1-20(27(34)30-24-9-4-3-5-10-24)31(19-21-13-15-22(28)16-14-21)26(33)12-7-17-32(37(2,35)36)25-11-6-8-23(29)18-25/h6,8,11,13-16,18,20,24H,3-5,7,9-10,12,17,19H2,1-2H3,(H,30,34). The van der Waals surface area contributed by atoms with Crippen LogP contribution in [0.5, 0.6) is 0 Å². The second-order valence-electron chi connectivity index (χ2n) is 9.59. The normalized spacial score (nSPS) is 15.1. The number of amides is 2. The van der Waals surface area contributed by atoms with Gasteiger partial charge in [-0.1, -0.05) is 65.0 Å². The maximum Gasteiger partial charge on any atom is 0.242 e. The van der Waals surface area contributed by atoms with E-state index in [1.807, 2.05) is 24.3 Å². The number of anilines is 1. The van der Waals surface area contributed by atoms with Crippen LogP contribution in [0.25, 0.3) is 0 Å². The number of hydrogen-bond acceptors (Lipinski definition) is 4. The van der Waals surface area contributed by atoms with Crippen LogP contribution in [-0.2, 0) is 26.2 Å². The monoisotopic (exact) mass is 611 g/mol. The fourth-order valence-corrected chi connectivity index (χ4v) is 5.98. The third kappa shape index (κ3) is 9.00. The Morgan fingerprint density at radius 3 is 2.41 bits per heavy atom. The van der Waals surface area contributed by atoms with Crippen LogP contribution in [0.2, 0.25) is 5.02 Å². The Morgan fingerprint density at radius 1 is 1.11 bits per heavy atom. The molecule has 1 aliphatic rings. The molecular weight excluding hydrogens is 578 g/mol. The van der Waals surface area contributed by atoms with Crippen LogP contribution in [0.1, 0.15) is 57.4 Å². The summed E-state index contributed by atoms with van der Waals surface area (Å²) in [4.78, 5) is 28.1. The number of halogens is 2. The number of benzene rings is 2. The molecule has 1 unspecified atom stereocenters. The Hall–Kier alpha value is -2.10. The molecule has 0 spiro atoms. The summed E-state index contributed by atoms with van der Waals surface area (Å²) in [6, 6.07) is 13.8. The first-order chi connectivity index (χ1) is 17.5. The van der Waals surface area contributed by atoms with E-state index in [0.717, 1.165) is 42.0 Å². The third-order valence-corrected chi connectivity index (χ3v) is 8.59. The van der Waals surface area contributed by atoms with Crippen LogP contribution >= 0.6 is 27.5 Å². The summed E-state index contributed by atoms with van der Waals surface area (Å²) in [5.74, 6) is -0.359. The number of rotatable bonds is 11. The molecule has 3 rings (SSSR count). The van der Waals surface area contributed by atoms with E-state index in [1.54, 1.807) is 36.1 Å². The zero-order chi connectivity index (χ0) is 27.0. The minimum Gasteiger partial charge on any atom is -0.352 e. The summed E-state index contributed by atoms with van der Waals surface area (Å²) in [5, 5.41) is 3.56. The second-order valence-corrected chi connectivity index (χ2v) is 12.8. The molecule has 0 bridgehead atoms. The lowest BCUT2D eigenvalue weighted by atomic mass is 9.95. The minimum atomic E-state index is -3.57. The zero-order valence-corrected chi connectivity index (χ0v) is 24.5. The molecule has 1 saturated carbocycles. The molecular formula is C27H35BrClN3O4S. The molecule has 0 heterocycles. The highest BCUT2D eigenvalue weighted by Gasteiger charge is 2.28. The van der Waals surface area contributed by atoms with E-state index < -0.39 is 16.1 Å². The number of carbonyl (C=O) groups excluding carboxylic acids is 2. The van der Waals surface area contributed by atoms with Crippen molar-refractivity contribution in [2.75, 3.05) is 17.1 Å². The summed E-state index contributed by atoms with van der Waals surface area (Å²) in [6.07, 6.45) is 6.85. The van der Waals surface area contributed by atoms with Gasteiger partial charge in [-0.25, -0.2) is 8.42 Å². The number of carbonyl (C=O) groups is 2. The summed E-state index contributed by atoms with van der Waals surface area (Å²) < 4.78 is 27.1. The van der Waals surface area contributed by atoms with E-state index in [1.165, 1.54) is 10.7 Å². The molecule has 0 aliphatic heterocycles. The van der Waals surface area contributed by atoms with Crippen molar-refractivity contribution in [1.82, 2.24) is 10.2 Å². The number of nitrogens with one attached hydrogen (secondary N) is 1. The number of sulfonamides is 1. The van der Waals surface area contributed by atoms with E-state index in [-0.39, 0.29) is 37.4 Å². The zero-order valence-electron chi connectivity index (χ0n) is 21.3. The molecule has 0 aromatic heterocycles. The van der Waals surface area contributed by atoms with Crippen LogP contribution in [0.3, 0.4) is 0 Å². The predicted molar refractivity (Wildman–Crippen MR) is 152 cm³/mol. The first kappa shape index (κ1) is 29.5. The van der Waals surface area contributed by atoms with Crippen molar-refractivity contribution in [2.24, 2.45) is 0 Å². The Labute approximate surface area is 233 Å². The molecule has 2 aromatic carbocycles. The van der Waals surface area contributed by atoms with Crippen LogP contribution in [0, 0.1) is 0 Å². The summed E-state index contributed by atoms with van der Waals surface area (Å²) in [5.41, 5.74) is 1.36. The Morgan fingerprint density at radius 2 is 1.78 bits per heavy atom. The van der Waals surface area contributed by atoms with Gasteiger partial charge in [0.05, 0.1) is 11.9 Å². The van der Waals surface area contributed by atoms with Gasteiger partial charge in [0, 0.05) is 35.0 Å². The SMILES string of the molecule is CC(C(=O)NC1CCCCC1)N(Cc1ccc(Br)cc1)C(=O)CCCN(c1cccc(Cl)c1)S(C)(=O)=O. The lowest BCUT2D eigenvalue weighted by Crippen LogP contribution is -2.50. The molecule has 2 amide bonds. The van der Waals surface area contributed by atoms with E-state index in [9.17, 15) is 18.0 Å². The molecule has 2 aromatic rings. The first-order valence-corrected chi connectivity index (χ1v) is 15.6. The largest absolute Gasteiger partial charge is 0.352 e. The van der Waals surface area contributed by atoms with Crippen LogP contribution in [-0.4, -0.2) is 50.0 Å². The molecule has 202 valence electrons. The highest BCUT2D eigenvalue weighted by Crippen LogP contribution is 2.23. The number of nitrogens with zero attached hydrogens (tertiary/aromatic N) is 2.